The van der Waals surface area contributed by atoms with E-state index < -0.39 is 18.0 Å². The highest BCUT2D eigenvalue weighted by Crippen LogP contribution is 2.51. The number of hydrogen-bond donors (Lipinski definition) is 3. The molecule has 9 nitrogen and oxygen atoms in total. The molecular formula is C19H23N4O5S2+. The number of nitrogens with one attached hydrogen (secondary N) is 1. The Labute approximate surface area is 181 Å². The summed E-state index contributed by atoms with van der Waals surface area (Å²) in [6.07, 6.45) is 4.76. The quantitative estimate of drug-likeness (QED) is 0.333. The van der Waals surface area contributed by atoms with Gasteiger partial charge in [0.1, 0.15) is 11.9 Å². The number of aromatic nitrogens is 2. The van der Waals surface area contributed by atoms with Crippen LogP contribution in [0, 0.1) is 11.8 Å². The summed E-state index contributed by atoms with van der Waals surface area (Å²) in [5, 5.41) is 23.4. The smallest absolute Gasteiger partial charge is 0.352 e. The first-order valence-electron chi connectivity index (χ1n) is 9.48. The number of β-lactam (4-membered cyclic amide) rings is 1. The second-order valence-corrected chi connectivity index (χ2v) is 9.38. The van der Waals surface area contributed by atoms with Crippen LogP contribution in [0.25, 0.3) is 10.4 Å². The summed E-state index contributed by atoms with van der Waals surface area (Å²) in [5.74, 6) is -2.40. The Morgan fingerprint density at radius 1 is 1.43 bits per heavy atom. The van der Waals surface area contributed by atoms with Gasteiger partial charge < -0.3 is 20.4 Å². The molecule has 160 valence electrons. The first-order chi connectivity index (χ1) is 14.2. The van der Waals surface area contributed by atoms with Crippen LogP contribution in [0.3, 0.4) is 0 Å². The SMILES string of the molecule is CNC(=O)C[n+]1cn2cc(C3=C(C(=O)O)N4C(=O)[C@H]([C@@H](C)O)[C@H]4[C@H]3C)sc2c1SC. The van der Waals surface area contributed by atoms with E-state index in [2.05, 4.69) is 5.32 Å². The molecule has 2 aliphatic heterocycles. The third-order valence-electron chi connectivity index (χ3n) is 5.83. The Hall–Kier alpha value is -2.37. The zero-order valence-corrected chi connectivity index (χ0v) is 18.6. The van der Waals surface area contributed by atoms with E-state index in [-0.39, 0.29) is 36.0 Å². The van der Waals surface area contributed by atoms with Gasteiger partial charge in [0.15, 0.2) is 6.54 Å². The Kier molecular flexibility index (Phi) is 5.15. The third kappa shape index (κ3) is 2.87. The van der Waals surface area contributed by atoms with Crippen molar-refractivity contribution in [2.75, 3.05) is 13.3 Å². The molecule has 4 rings (SSSR count). The Bertz CT molecular complexity index is 1100. The molecule has 3 N–H and O–H groups in total. The number of nitrogens with zero attached hydrogens (tertiary/aromatic N) is 3. The highest BCUT2D eigenvalue weighted by atomic mass is 32.2. The van der Waals surface area contributed by atoms with Crippen molar-refractivity contribution in [1.82, 2.24) is 14.6 Å². The third-order valence-corrected chi connectivity index (χ3v) is 7.92. The van der Waals surface area contributed by atoms with Crippen molar-refractivity contribution in [2.24, 2.45) is 11.8 Å². The number of thiazole rings is 1. The fraction of sp³-hybridized carbons (Fsp3) is 0.474. The first-order valence-corrected chi connectivity index (χ1v) is 11.5. The van der Waals surface area contributed by atoms with Gasteiger partial charge in [-0.1, -0.05) is 30.0 Å². The molecule has 30 heavy (non-hydrogen) atoms. The van der Waals surface area contributed by atoms with Crippen molar-refractivity contribution in [2.45, 2.75) is 37.6 Å². The molecule has 2 aromatic heterocycles. The molecule has 4 heterocycles. The lowest BCUT2D eigenvalue weighted by Gasteiger charge is -2.46. The maximum Gasteiger partial charge on any atom is 0.352 e. The number of rotatable bonds is 6. The number of carbonyl (C=O) groups excluding carboxylic acids is 2. The largest absolute Gasteiger partial charge is 0.477 e. The van der Waals surface area contributed by atoms with Gasteiger partial charge in [0.2, 0.25) is 15.8 Å². The van der Waals surface area contributed by atoms with Crippen molar-refractivity contribution >= 4 is 51.3 Å². The van der Waals surface area contributed by atoms with Crippen LogP contribution in [0.1, 0.15) is 18.7 Å². The molecule has 4 atom stereocenters. The van der Waals surface area contributed by atoms with Crippen LogP contribution in [-0.2, 0) is 20.9 Å². The lowest BCUT2D eigenvalue weighted by molar-refractivity contribution is -0.717. The highest BCUT2D eigenvalue weighted by Gasteiger charge is 2.60. The number of hydrogen-bond acceptors (Lipinski definition) is 6. The van der Waals surface area contributed by atoms with Gasteiger partial charge >= 0.3 is 5.97 Å². The van der Waals surface area contributed by atoms with Gasteiger partial charge in [-0.3, -0.25) is 9.59 Å². The number of carbonyl (C=O) groups is 3. The van der Waals surface area contributed by atoms with Crippen LogP contribution in [0.5, 0.6) is 0 Å². The van der Waals surface area contributed by atoms with Crippen LogP contribution in [0.4, 0.5) is 0 Å². The van der Waals surface area contributed by atoms with E-state index in [9.17, 15) is 24.6 Å². The summed E-state index contributed by atoms with van der Waals surface area (Å²) in [7, 11) is 1.59. The second kappa shape index (κ2) is 7.40. The maximum atomic E-state index is 12.5. The van der Waals surface area contributed by atoms with Crippen LogP contribution in [-0.4, -0.2) is 62.7 Å². The van der Waals surface area contributed by atoms with Gasteiger partial charge in [-0.2, -0.15) is 4.40 Å². The zero-order valence-electron chi connectivity index (χ0n) is 16.9. The van der Waals surface area contributed by atoms with Crippen molar-refractivity contribution in [3.8, 4) is 0 Å². The van der Waals surface area contributed by atoms with Gasteiger partial charge in [-0.05, 0) is 13.2 Å². The molecule has 2 aliphatic rings. The number of carboxylic acids is 1. The van der Waals surface area contributed by atoms with Crippen molar-refractivity contribution in [3.05, 3.63) is 23.1 Å². The summed E-state index contributed by atoms with van der Waals surface area (Å²) in [4.78, 5) is 39.4. The molecule has 1 saturated heterocycles. The van der Waals surface area contributed by atoms with E-state index in [1.54, 1.807) is 14.0 Å². The van der Waals surface area contributed by atoms with Crippen LogP contribution >= 0.6 is 23.1 Å². The number of amides is 2. The second-order valence-electron chi connectivity index (χ2n) is 7.55. The fourth-order valence-electron chi connectivity index (χ4n) is 4.50. The van der Waals surface area contributed by atoms with Crippen molar-refractivity contribution in [3.63, 3.8) is 0 Å². The molecule has 0 unspecified atom stereocenters. The standard InChI is InChI=1S/C19H22N4O5S2/c1-8-12(15(19(27)28)23-14(8)13(9(2)24)16(23)26)10-5-21-7-22(6-11(25)20-3)17(29-4)18(21)30-10/h5,7-9,13-14,24H,6H2,1-4H3,(H-,20,25,27,28)/p+1/t8-,9+,13+,14+/m0/s1. The average Bonchev–Trinajstić information content (AvgIpc) is 3.28. The normalized spacial score (nSPS) is 24.2. The van der Waals surface area contributed by atoms with Crippen LogP contribution < -0.4 is 9.88 Å². The Balaban J connectivity index is 1.80. The number of thioether (sulfide) groups is 1. The maximum absolute atomic E-state index is 12.5. The minimum atomic E-state index is -1.14. The average molecular weight is 452 g/mol. The lowest BCUT2D eigenvalue weighted by Crippen LogP contribution is -2.63. The predicted molar refractivity (Wildman–Crippen MR) is 111 cm³/mol. The summed E-state index contributed by atoms with van der Waals surface area (Å²) in [6.45, 7) is 3.66. The predicted octanol–water partition coefficient (Wildman–Crippen LogP) is 0.409. The van der Waals surface area contributed by atoms with E-state index in [0.29, 0.717) is 5.57 Å². The van der Waals surface area contributed by atoms with Crippen LogP contribution in [0.15, 0.2) is 23.2 Å². The van der Waals surface area contributed by atoms with E-state index in [1.165, 1.54) is 28.0 Å². The van der Waals surface area contributed by atoms with Gasteiger partial charge in [-0.25, -0.2) is 9.36 Å². The van der Waals surface area contributed by atoms with Crippen molar-refractivity contribution in [1.29, 1.82) is 0 Å². The molecule has 2 amide bonds. The van der Waals surface area contributed by atoms with Crippen LogP contribution in [0.2, 0.25) is 0 Å². The number of aliphatic carboxylic acids is 1. The molecule has 0 aliphatic carbocycles. The summed E-state index contributed by atoms with van der Waals surface area (Å²) in [6, 6.07) is -0.349. The topological polar surface area (TPSA) is 115 Å². The minimum Gasteiger partial charge on any atom is -0.477 e. The summed E-state index contributed by atoms with van der Waals surface area (Å²) in [5.41, 5.74) is 0.616. The first kappa shape index (κ1) is 20.9. The highest BCUT2D eigenvalue weighted by molar-refractivity contribution is 7.98. The molecule has 0 aromatic carbocycles. The van der Waals surface area contributed by atoms with E-state index >= 15 is 0 Å². The number of carboxylic acid groups (broad SMARTS) is 1. The zero-order chi connectivity index (χ0) is 21.9. The summed E-state index contributed by atoms with van der Waals surface area (Å²) < 4.78 is 3.74. The van der Waals surface area contributed by atoms with E-state index in [1.807, 2.05) is 34.7 Å². The number of aliphatic hydroxyl groups excluding tert-OH is 1. The Morgan fingerprint density at radius 2 is 2.13 bits per heavy atom. The van der Waals surface area contributed by atoms with Gasteiger partial charge in [-0.15, -0.1) is 0 Å². The molecule has 11 heteroatoms. The van der Waals surface area contributed by atoms with E-state index in [0.717, 1.165) is 14.7 Å². The molecule has 0 bridgehead atoms. The minimum absolute atomic E-state index is 0.00263. The molecule has 0 spiro atoms. The van der Waals surface area contributed by atoms with Gasteiger partial charge in [0, 0.05) is 18.5 Å². The Morgan fingerprint density at radius 3 is 2.70 bits per heavy atom. The number of imidazole rings is 1. The van der Waals surface area contributed by atoms with Crippen molar-refractivity contribution < 1.29 is 29.2 Å². The number of likely N-dealkylation sites (N-methyl/N-ethyl adjacent to an activating group) is 1. The number of aliphatic hydroxyl groups is 1. The molecular weight excluding hydrogens is 428 g/mol. The number of fused-ring (bicyclic) bond motifs is 2. The molecule has 1 fully saturated rings. The molecule has 2 aromatic rings. The lowest BCUT2D eigenvalue weighted by atomic mass is 9.77. The summed E-state index contributed by atoms with van der Waals surface area (Å²) >= 11 is 2.95. The van der Waals surface area contributed by atoms with Gasteiger partial charge in [0.25, 0.3) is 12.2 Å². The monoisotopic (exact) mass is 451 g/mol. The molecule has 0 radical (unpaired) electrons. The van der Waals surface area contributed by atoms with E-state index in [4.69, 9.17) is 0 Å². The fourth-order valence-corrected chi connectivity index (χ4v) is 6.68. The molecule has 0 saturated carbocycles. The van der Waals surface area contributed by atoms with Gasteiger partial charge in [0.05, 0.1) is 22.9 Å².